The van der Waals surface area contributed by atoms with Crippen LogP contribution >= 0.6 is 11.8 Å². The fourth-order valence-corrected chi connectivity index (χ4v) is 2.73. The van der Waals surface area contributed by atoms with Gasteiger partial charge in [0.25, 0.3) is 0 Å². The zero-order valence-corrected chi connectivity index (χ0v) is 13.2. The predicted octanol–water partition coefficient (Wildman–Crippen LogP) is 3.31. The zero-order chi connectivity index (χ0) is 16.0. The van der Waals surface area contributed by atoms with Crippen LogP contribution in [0.3, 0.4) is 0 Å². The van der Waals surface area contributed by atoms with Crippen molar-refractivity contribution in [1.82, 2.24) is 5.32 Å². The normalized spacial score (nSPS) is 12.2. The largest absolute Gasteiger partial charge is 0.478 e. The average Bonchev–Trinajstić information content (AvgIpc) is 2.46. The van der Waals surface area contributed by atoms with E-state index in [-0.39, 0.29) is 22.8 Å². The van der Waals surface area contributed by atoms with Gasteiger partial charge in [-0.1, -0.05) is 13.8 Å². The first-order valence-electron chi connectivity index (χ1n) is 6.88. The molecule has 0 heterocycles. The highest BCUT2D eigenvalue weighted by atomic mass is 32.2. The highest BCUT2D eigenvalue weighted by molar-refractivity contribution is 8.00. The Hall–Kier alpha value is -1.56. The number of thioether (sulfide) groups is 1. The average molecular weight is 313 g/mol. The van der Waals surface area contributed by atoms with Crippen molar-refractivity contribution in [3.05, 3.63) is 29.6 Å². The Kier molecular flexibility index (Phi) is 6.68. The SMILES string of the molecule is CCC(CC)NC(=O)C(C)Sc1ccc(F)c(C(=O)O)c1. The number of carboxylic acid groups (broad SMARTS) is 1. The highest BCUT2D eigenvalue weighted by Crippen LogP contribution is 2.25. The lowest BCUT2D eigenvalue weighted by atomic mass is 10.2. The minimum absolute atomic E-state index is 0.102. The Morgan fingerprint density at radius 2 is 1.95 bits per heavy atom. The van der Waals surface area contributed by atoms with E-state index in [4.69, 9.17) is 5.11 Å². The molecule has 0 aliphatic heterocycles. The summed E-state index contributed by atoms with van der Waals surface area (Å²) in [5.41, 5.74) is -0.382. The van der Waals surface area contributed by atoms with E-state index in [1.807, 2.05) is 13.8 Å². The number of nitrogens with one attached hydrogen (secondary N) is 1. The van der Waals surface area contributed by atoms with E-state index in [1.165, 1.54) is 23.9 Å². The minimum atomic E-state index is -1.32. The highest BCUT2D eigenvalue weighted by Gasteiger charge is 2.18. The molecule has 0 aromatic heterocycles. The number of aromatic carboxylic acids is 1. The Labute approximate surface area is 128 Å². The van der Waals surface area contributed by atoms with Crippen molar-refractivity contribution >= 4 is 23.6 Å². The summed E-state index contributed by atoms with van der Waals surface area (Å²) in [6.07, 6.45) is 1.72. The summed E-state index contributed by atoms with van der Waals surface area (Å²) in [5.74, 6) is -2.19. The van der Waals surface area contributed by atoms with E-state index in [9.17, 15) is 14.0 Å². The fourth-order valence-electron chi connectivity index (χ4n) is 1.81. The quantitative estimate of drug-likeness (QED) is 0.758. The third-order valence-corrected chi connectivity index (χ3v) is 4.28. The van der Waals surface area contributed by atoms with Crippen molar-refractivity contribution in [2.24, 2.45) is 0 Å². The fraction of sp³-hybridized carbons (Fsp3) is 0.467. The van der Waals surface area contributed by atoms with E-state index in [1.54, 1.807) is 6.92 Å². The standard InChI is InChI=1S/C15H20FNO3S/c1-4-10(5-2)17-14(18)9(3)21-11-6-7-13(16)12(8-11)15(19)20/h6-10H,4-5H2,1-3H3,(H,17,18)(H,19,20). The first kappa shape index (κ1) is 17.5. The lowest BCUT2D eigenvalue weighted by molar-refractivity contribution is -0.121. The smallest absolute Gasteiger partial charge is 0.338 e. The molecule has 0 bridgehead atoms. The van der Waals surface area contributed by atoms with Gasteiger partial charge in [-0.3, -0.25) is 4.79 Å². The van der Waals surface area contributed by atoms with E-state index in [0.717, 1.165) is 18.9 Å². The maximum atomic E-state index is 13.3. The third-order valence-electron chi connectivity index (χ3n) is 3.18. The number of halogens is 1. The van der Waals surface area contributed by atoms with E-state index in [2.05, 4.69) is 5.32 Å². The van der Waals surface area contributed by atoms with Crippen molar-refractivity contribution in [3.63, 3.8) is 0 Å². The molecule has 1 rings (SSSR count). The van der Waals surface area contributed by atoms with Gasteiger partial charge in [-0.25, -0.2) is 9.18 Å². The maximum absolute atomic E-state index is 13.3. The van der Waals surface area contributed by atoms with Crippen molar-refractivity contribution < 1.29 is 19.1 Å². The molecule has 21 heavy (non-hydrogen) atoms. The monoisotopic (exact) mass is 313 g/mol. The molecule has 0 fully saturated rings. The number of rotatable bonds is 7. The van der Waals surface area contributed by atoms with Crippen LogP contribution in [0.15, 0.2) is 23.1 Å². The molecule has 1 aromatic carbocycles. The second kappa shape index (κ2) is 8.02. The first-order valence-corrected chi connectivity index (χ1v) is 7.76. The van der Waals surface area contributed by atoms with Gasteiger partial charge in [0, 0.05) is 10.9 Å². The molecular formula is C15H20FNO3S. The Morgan fingerprint density at radius 1 is 1.33 bits per heavy atom. The first-order chi connectivity index (χ1) is 9.88. The molecular weight excluding hydrogens is 293 g/mol. The topological polar surface area (TPSA) is 66.4 Å². The molecule has 2 N–H and O–H groups in total. The lowest BCUT2D eigenvalue weighted by Crippen LogP contribution is -2.38. The molecule has 0 saturated heterocycles. The van der Waals surface area contributed by atoms with E-state index < -0.39 is 11.8 Å². The Balaban J connectivity index is 2.74. The summed E-state index contributed by atoms with van der Waals surface area (Å²) < 4.78 is 13.3. The zero-order valence-electron chi connectivity index (χ0n) is 12.4. The molecule has 1 amide bonds. The molecule has 116 valence electrons. The van der Waals surface area contributed by atoms with Crippen LogP contribution in [0, 0.1) is 5.82 Å². The second-order valence-electron chi connectivity index (χ2n) is 4.73. The van der Waals surface area contributed by atoms with Crippen LogP contribution in [-0.2, 0) is 4.79 Å². The van der Waals surface area contributed by atoms with Gasteiger partial charge in [0.2, 0.25) is 5.91 Å². The number of carboxylic acids is 1. The predicted molar refractivity (Wildman–Crippen MR) is 81.2 cm³/mol. The van der Waals surface area contributed by atoms with Crippen LogP contribution in [0.2, 0.25) is 0 Å². The van der Waals surface area contributed by atoms with Gasteiger partial charge >= 0.3 is 5.97 Å². The number of amides is 1. The van der Waals surface area contributed by atoms with Crippen molar-refractivity contribution in [2.75, 3.05) is 0 Å². The van der Waals surface area contributed by atoms with Gasteiger partial charge in [-0.2, -0.15) is 0 Å². The second-order valence-corrected chi connectivity index (χ2v) is 6.14. The molecule has 1 atom stereocenters. The van der Waals surface area contributed by atoms with Gasteiger partial charge in [0.05, 0.1) is 10.8 Å². The number of hydrogen-bond acceptors (Lipinski definition) is 3. The Morgan fingerprint density at radius 3 is 2.48 bits per heavy atom. The van der Waals surface area contributed by atoms with Gasteiger partial charge in [-0.15, -0.1) is 11.8 Å². The van der Waals surface area contributed by atoms with Crippen molar-refractivity contribution in [2.45, 2.75) is 49.8 Å². The summed E-state index contributed by atoms with van der Waals surface area (Å²) in [5, 5.41) is 11.4. The van der Waals surface area contributed by atoms with E-state index in [0.29, 0.717) is 4.90 Å². The van der Waals surface area contributed by atoms with Crippen molar-refractivity contribution in [3.8, 4) is 0 Å². The molecule has 6 heteroatoms. The summed E-state index contributed by atoms with van der Waals surface area (Å²) >= 11 is 1.21. The number of hydrogen-bond donors (Lipinski definition) is 2. The minimum Gasteiger partial charge on any atom is -0.478 e. The Bertz CT molecular complexity index is 518. The molecule has 1 aromatic rings. The third kappa shape index (κ3) is 5.04. The summed E-state index contributed by atoms with van der Waals surface area (Å²) in [6.45, 7) is 5.75. The van der Waals surface area contributed by atoms with Crippen LogP contribution in [0.25, 0.3) is 0 Å². The molecule has 0 spiro atoms. The molecule has 0 aliphatic carbocycles. The van der Waals surface area contributed by atoms with Gasteiger partial charge < -0.3 is 10.4 Å². The van der Waals surface area contributed by atoms with Crippen molar-refractivity contribution in [1.29, 1.82) is 0 Å². The molecule has 1 unspecified atom stereocenters. The lowest BCUT2D eigenvalue weighted by Gasteiger charge is -2.18. The van der Waals surface area contributed by atoms with Crippen LogP contribution in [-0.4, -0.2) is 28.3 Å². The van der Waals surface area contributed by atoms with Crippen LogP contribution < -0.4 is 5.32 Å². The van der Waals surface area contributed by atoms with Gasteiger partial charge in [0.1, 0.15) is 5.82 Å². The maximum Gasteiger partial charge on any atom is 0.338 e. The van der Waals surface area contributed by atoms with Crippen LogP contribution in [0.4, 0.5) is 4.39 Å². The molecule has 0 saturated carbocycles. The molecule has 0 aliphatic rings. The van der Waals surface area contributed by atoms with Gasteiger partial charge in [-0.05, 0) is 38.0 Å². The van der Waals surface area contributed by atoms with Gasteiger partial charge in [0.15, 0.2) is 0 Å². The number of carbonyl (C=O) groups is 2. The number of benzene rings is 1. The number of carbonyl (C=O) groups excluding carboxylic acids is 1. The van der Waals surface area contributed by atoms with Crippen LogP contribution in [0.1, 0.15) is 44.0 Å². The summed E-state index contributed by atoms with van der Waals surface area (Å²) in [6, 6.07) is 3.98. The summed E-state index contributed by atoms with van der Waals surface area (Å²) in [4.78, 5) is 23.5. The molecule has 0 radical (unpaired) electrons. The van der Waals surface area contributed by atoms with Crippen LogP contribution in [0.5, 0.6) is 0 Å². The molecule has 4 nitrogen and oxygen atoms in total. The summed E-state index contributed by atoms with van der Waals surface area (Å²) in [7, 11) is 0. The van der Waals surface area contributed by atoms with E-state index >= 15 is 0 Å².